The van der Waals surface area contributed by atoms with Crippen LogP contribution in [0.25, 0.3) is 0 Å². The monoisotopic (exact) mass is 516 g/mol. The Kier molecular flexibility index (Phi) is 8.43. The predicted octanol–water partition coefficient (Wildman–Crippen LogP) is 5.25. The van der Waals surface area contributed by atoms with E-state index >= 15 is 0 Å². The van der Waals surface area contributed by atoms with Crippen LogP contribution in [0.15, 0.2) is 109 Å². The van der Waals surface area contributed by atoms with Crippen LogP contribution in [0.2, 0.25) is 0 Å². The Morgan fingerprint density at radius 1 is 0.730 bits per heavy atom. The lowest BCUT2D eigenvalue weighted by molar-refractivity contribution is -0.118. The van der Waals surface area contributed by atoms with Crippen molar-refractivity contribution in [3.8, 4) is 11.5 Å². The highest BCUT2D eigenvalue weighted by molar-refractivity contribution is 7.92. The molecule has 4 aromatic rings. The molecule has 0 heterocycles. The van der Waals surface area contributed by atoms with Gasteiger partial charge in [0.25, 0.3) is 5.91 Å². The summed E-state index contributed by atoms with van der Waals surface area (Å²) in [7, 11) is -3.49. The van der Waals surface area contributed by atoms with Gasteiger partial charge in [-0.2, -0.15) is 0 Å². The Hall–Kier alpha value is -4.30. The summed E-state index contributed by atoms with van der Waals surface area (Å²) in [5.41, 5.74) is 3.09. The lowest BCUT2D eigenvalue weighted by Crippen LogP contribution is -2.29. The van der Waals surface area contributed by atoms with Gasteiger partial charge in [-0.3, -0.25) is 9.10 Å². The highest BCUT2D eigenvalue weighted by Crippen LogP contribution is 2.24. The molecule has 0 saturated carbocycles. The largest absolute Gasteiger partial charge is 0.489 e. The van der Waals surface area contributed by atoms with Gasteiger partial charge in [0.05, 0.1) is 18.5 Å². The van der Waals surface area contributed by atoms with Gasteiger partial charge in [0.15, 0.2) is 6.61 Å². The quantitative estimate of drug-likeness (QED) is 0.294. The Balaban J connectivity index is 1.28. The second kappa shape index (κ2) is 12.1. The van der Waals surface area contributed by atoms with E-state index in [-0.39, 0.29) is 19.1 Å². The van der Waals surface area contributed by atoms with Crippen molar-refractivity contribution in [2.24, 2.45) is 0 Å². The zero-order valence-electron chi connectivity index (χ0n) is 20.4. The Morgan fingerprint density at radius 3 is 1.86 bits per heavy atom. The molecule has 0 saturated heterocycles. The van der Waals surface area contributed by atoms with Gasteiger partial charge < -0.3 is 14.8 Å². The SMILES string of the molecule is CS(=O)(=O)N(Cc1ccccc1)c1ccc(OCC(=O)Nc2ccc(OCc3ccccc3)cc2)cc1. The van der Waals surface area contributed by atoms with Gasteiger partial charge in [0.1, 0.15) is 18.1 Å². The van der Waals surface area contributed by atoms with Crippen molar-refractivity contribution in [1.82, 2.24) is 0 Å². The number of hydrogen-bond acceptors (Lipinski definition) is 5. The Morgan fingerprint density at radius 2 is 1.27 bits per heavy atom. The average molecular weight is 517 g/mol. The molecule has 1 N–H and O–H groups in total. The van der Waals surface area contributed by atoms with E-state index in [2.05, 4.69) is 5.32 Å². The van der Waals surface area contributed by atoms with Crippen molar-refractivity contribution < 1.29 is 22.7 Å². The molecular weight excluding hydrogens is 488 g/mol. The number of sulfonamides is 1. The third-order valence-electron chi connectivity index (χ3n) is 5.45. The molecule has 1 amide bonds. The molecule has 4 rings (SSSR count). The predicted molar refractivity (Wildman–Crippen MR) is 145 cm³/mol. The first-order valence-corrected chi connectivity index (χ1v) is 13.5. The van der Waals surface area contributed by atoms with Crippen LogP contribution in [0, 0.1) is 0 Å². The van der Waals surface area contributed by atoms with E-state index in [0.717, 1.165) is 11.1 Å². The Bertz CT molecular complexity index is 1390. The number of ether oxygens (including phenoxy) is 2. The number of anilines is 2. The number of rotatable bonds is 11. The van der Waals surface area contributed by atoms with Crippen LogP contribution in [0.4, 0.5) is 11.4 Å². The summed E-state index contributed by atoms with van der Waals surface area (Å²) in [4.78, 5) is 12.3. The van der Waals surface area contributed by atoms with Crippen LogP contribution in [0.3, 0.4) is 0 Å². The molecule has 37 heavy (non-hydrogen) atoms. The van der Waals surface area contributed by atoms with Crippen molar-refractivity contribution in [2.45, 2.75) is 13.2 Å². The molecule has 0 atom stereocenters. The number of hydrogen-bond donors (Lipinski definition) is 1. The maximum Gasteiger partial charge on any atom is 0.262 e. The van der Waals surface area contributed by atoms with E-state index in [1.54, 1.807) is 48.5 Å². The summed E-state index contributed by atoms with van der Waals surface area (Å²) in [6.07, 6.45) is 1.17. The second-order valence-electron chi connectivity index (χ2n) is 8.38. The maximum absolute atomic E-state index is 12.4. The minimum atomic E-state index is -3.49. The summed E-state index contributed by atoms with van der Waals surface area (Å²) >= 11 is 0. The molecule has 0 aliphatic carbocycles. The fraction of sp³-hybridized carbons (Fsp3) is 0.138. The second-order valence-corrected chi connectivity index (χ2v) is 10.3. The molecule has 0 aliphatic rings. The van der Waals surface area contributed by atoms with Crippen LogP contribution in [-0.2, 0) is 28.0 Å². The number of amides is 1. The molecule has 4 aromatic carbocycles. The zero-order chi connectivity index (χ0) is 26.1. The third-order valence-corrected chi connectivity index (χ3v) is 6.59. The van der Waals surface area contributed by atoms with Crippen molar-refractivity contribution in [3.05, 3.63) is 120 Å². The summed E-state index contributed by atoms with van der Waals surface area (Å²) in [5.74, 6) is 0.842. The molecule has 0 bridgehead atoms. The molecule has 0 unspecified atom stereocenters. The van der Waals surface area contributed by atoms with Gasteiger partial charge in [-0.05, 0) is 59.7 Å². The molecule has 8 heteroatoms. The zero-order valence-corrected chi connectivity index (χ0v) is 21.2. The van der Waals surface area contributed by atoms with Crippen LogP contribution in [0.5, 0.6) is 11.5 Å². The lowest BCUT2D eigenvalue weighted by atomic mass is 10.2. The molecule has 0 aliphatic heterocycles. The topological polar surface area (TPSA) is 84.9 Å². The highest BCUT2D eigenvalue weighted by atomic mass is 32.2. The van der Waals surface area contributed by atoms with Crippen LogP contribution >= 0.6 is 0 Å². The van der Waals surface area contributed by atoms with Crippen molar-refractivity contribution in [2.75, 3.05) is 22.5 Å². The number of nitrogens with one attached hydrogen (secondary N) is 1. The minimum Gasteiger partial charge on any atom is -0.489 e. The number of carbonyl (C=O) groups is 1. The van der Waals surface area contributed by atoms with E-state index < -0.39 is 10.0 Å². The summed E-state index contributed by atoms with van der Waals surface area (Å²) < 4.78 is 37.4. The van der Waals surface area contributed by atoms with Crippen molar-refractivity contribution >= 4 is 27.3 Å². The average Bonchev–Trinajstić information content (AvgIpc) is 2.91. The van der Waals surface area contributed by atoms with Gasteiger partial charge in [0.2, 0.25) is 10.0 Å². The molecule has 0 spiro atoms. The lowest BCUT2D eigenvalue weighted by Gasteiger charge is -2.22. The summed E-state index contributed by atoms with van der Waals surface area (Å²) in [6.45, 7) is 0.497. The maximum atomic E-state index is 12.4. The molecule has 0 fully saturated rings. The van der Waals surface area contributed by atoms with Gasteiger partial charge in [-0.1, -0.05) is 60.7 Å². The Labute approximate surface area is 217 Å². The fourth-order valence-electron chi connectivity index (χ4n) is 3.58. The first-order valence-electron chi connectivity index (χ1n) is 11.7. The van der Waals surface area contributed by atoms with Crippen LogP contribution in [-0.4, -0.2) is 27.2 Å². The van der Waals surface area contributed by atoms with Gasteiger partial charge >= 0.3 is 0 Å². The smallest absolute Gasteiger partial charge is 0.262 e. The van der Waals surface area contributed by atoms with E-state index in [0.29, 0.717) is 29.5 Å². The number of benzene rings is 4. The fourth-order valence-corrected chi connectivity index (χ4v) is 4.47. The van der Waals surface area contributed by atoms with E-state index in [1.807, 2.05) is 60.7 Å². The molecule has 0 radical (unpaired) electrons. The van der Waals surface area contributed by atoms with Crippen molar-refractivity contribution in [3.63, 3.8) is 0 Å². The molecular formula is C29H28N2O5S. The number of nitrogens with zero attached hydrogens (tertiary/aromatic N) is 1. The van der Waals surface area contributed by atoms with Gasteiger partial charge in [-0.25, -0.2) is 8.42 Å². The van der Waals surface area contributed by atoms with Crippen LogP contribution < -0.4 is 19.1 Å². The highest BCUT2D eigenvalue weighted by Gasteiger charge is 2.18. The van der Waals surface area contributed by atoms with E-state index in [4.69, 9.17) is 9.47 Å². The summed E-state index contributed by atoms with van der Waals surface area (Å²) in [5, 5.41) is 2.78. The normalized spacial score (nSPS) is 10.9. The standard InChI is InChI=1S/C29H28N2O5S/c1-37(33,34)31(20-23-8-4-2-5-9-23)26-14-18-28(19-15-26)36-22-29(32)30-25-12-16-27(17-13-25)35-21-24-10-6-3-7-11-24/h2-19H,20-22H2,1H3,(H,30,32). The minimum absolute atomic E-state index is 0.189. The van der Waals surface area contributed by atoms with Crippen LogP contribution in [0.1, 0.15) is 11.1 Å². The molecule has 0 aromatic heterocycles. The number of carbonyl (C=O) groups excluding carboxylic acids is 1. The third kappa shape index (κ3) is 7.85. The first-order chi connectivity index (χ1) is 17.9. The first kappa shape index (κ1) is 25.8. The van der Waals surface area contributed by atoms with E-state index in [1.165, 1.54) is 10.6 Å². The molecule has 190 valence electrons. The van der Waals surface area contributed by atoms with Gasteiger partial charge in [0, 0.05) is 5.69 Å². The summed E-state index contributed by atoms with van der Waals surface area (Å²) in [6, 6.07) is 33.0. The van der Waals surface area contributed by atoms with Gasteiger partial charge in [-0.15, -0.1) is 0 Å². The van der Waals surface area contributed by atoms with Crippen molar-refractivity contribution in [1.29, 1.82) is 0 Å². The molecule has 7 nitrogen and oxygen atoms in total. The van der Waals surface area contributed by atoms with E-state index in [9.17, 15) is 13.2 Å².